The molecule has 0 aliphatic heterocycles. The number of aliphatic hydroxyl groups is 1. The Kier molecular flexibility index (Phi) is 3.30. The third kappa shape index (κ3) is 2.07. The van der Waals surface area contributed by atoms with Gasteiger partial charge >= 0.3 is 0 Å². The van der Waals surface area contributed by atoms with Crippen LogP contribution in [-0.4, -0.2) is 14.9 Å². The van der Waals surface area contributed by atoms with Crippen molar-refractivity contribution in [3.05, 3.63) is 57.0 Å². The fourth-order valence-electron chi connectivity index (χ4n) is 2.06. The van der Waals surface area contributed by atoms with Gasteiger partial charge in [-0.2, -0.15) is 5.10 Å². The molecule has 1 N–H and O–H groups in total. The summed E-state index contributed by atoms with van der Waals surface area (Å²) in [6.07, 6.45) is 0. The van der Waals surface area contributed by atoms with E-state index in [4.69, 9.17) is 5.11 Å². The van der Waals surface area contributed by atoms with Crippen molar-refractivity contribution in [3.63, 3.8) is 0 Å². The quantitative estimate of drug-likeness (QED) is 0.874. The van der Waals surface area contributed by atoms with Crippen LogP contribution in [0.3, 0.4) is 0 Å². The van der Waals surface area contributed by atoms with Crippen molar-refractivity contribution < 1.29 is 5.11 Å². The van der Waals surface area contributed by atoms with Gasteiger partial charge in [0.25, 0.3) is 0 Å². The molecule has 94 valence electrons. The van der Waals surface area contributed by atoms with Gasteiger partial charge in [0.2, 0.25) is 5.43 Å². The molecule has 18 heavy (non-hydrogen) atoms. The van der Waals surface area contributed by atoms with Crippen LogP contribution in [0.5, 0.6) is 0 Å². The van der Waals surface area contributed by atoms with Gasteiger partial charge in [-0.05, 0) is 31.9 Å². The highest BCUT2D eigenvalue weighted by Gasteiger charge is 2.10. The zero-order valence-corrected chi connectivity index (χ0v) is 10.8. The van der Waals surface area contributed by atoms with E-state index in [9.17, 15) is 4.79 Å². The molecule has 4 nitrogen and oxygen atoms in total. The van der Waals surface area contributed by atoms with E-state index in [1.165, 1.54) is 6.07 Å². The highest BCUT2D eigenvalue weighted by atomic mass is 16.3. The van der Waals surface area contributed by atoms with Crippen LogP contribution >= 0.6 is 0 Å². The summed E-state index contributed by atoms with van der Waals surface area (Å²) in [7, 11) is 0. The molecule has 0 aliphatic rings. The predicted molar refractivity (Wildman–Crippen MR) is 70.0 cm³/mol. The van der Waals surface area contributed by atoms with Crippen molar-refractivity contribution in [1.29, 1.82) is 0 Å². The minimum absolute atomic E-state index is 0.170. The van der Waals surface area contributed by atoms with Gasteiger partial charge in [0.15, 0.2) is 0 Å². The third-order valence-corrected chi connectivity index (χ3v) is 2.98. The maximum absolute atomic E-state index is 11.6. The van der Waals surface area contributed by atoms with E-state index in [1.54, 1.807) is 4.68 Å². The van der Waals surface area contributed by atoms with Crippen LogP contribution in [0.4, 0.5) is 0 Å². The van der Waals surface area contributed by atoms with Gasteiger partial charge in [0.05, 0.1) is 12.3 Å². The summed E-state index contributed by atoms with van der Waals surface area (Å²) in [5, 5.41) is 13.4. The molecule has 0 radical (unpaired) electrons. The molecule has 1 aromatic heterocycles. The summed E-state index contributed by atoms with van der Waals surface area (Å²) in [6.45, 7) is 5.49. The minimum Gasteiger partial charge on any atom is -0.390 e. The first kappa shape index (κ1) is 12.5. The second kappa shape index (κ2) is 4.74. The summed E-state index contributed by atoms with van der Waals surface area (Å²) in [5.41, 5.74) is 3.83. The smallest absolute Gasteiger partial charge is 0.206 e. The van der Waals surface area contributed by atoms with E-state index in [2.05, 4.69) is 5.10 Å². The second-order valence-corrected chi connectivity index (χ2v) is 4.41. The highest BCUT2D eigenvalue weighted by Crippen LogP contribution is 2.18. The van der Waals surface area contributed by atoms with Crippen LogP contribution < -0.4 is 5.43 Å². The van der Waals surface area contributed by atoms with Gasteiger partial charge in [-0.25, -0.2) is 4.68 Å². The van der Waals surface area contributed by atoms with E-state index in [1.807, 2.05) is 39.0 Å². The normalized spacial score (nSPS) is 10.7. The van der Waals surface area contributed by atoms with E-state index >= 15 is 0 Å². The lowest BCUT2D eigenvalue weighted by molar-refractivity contribution is 0.273. The number of aryl methyl sites for hydroxylation is 3. The lowest BCUT2D eigenvalue weighted by Crippen LogP contribution is -2.19. The van der Waals surface area contributed by atoms with Crippen molar-refractivity contribution in [2.75, 3.05) is 0 Å². The predicted octanol–water partition coefficient (Wildman–Crippen LogP) is 1.65. The largest absolute Gasteiger partial charge is 0.390 e. The SMILES string of the molecule is Cc1cccc(C)c1-n1nc(CO)c(=O)cc1C. The summed E-state index contributed by atoms with van der Waals surface area (Å²) in [5.74, 6) is 0. The van der Waals surface area contributed by atoms with Crippen molar-refractivity contribution in [1.82, 2.24) is 9.78 Å². The second-order valence-electron chi connectivity index (χ2n) is 4.41. The van der Waals surface area contributed by atoms with Crippen molar-refractivity contribution >= 4 is 0 Å². The molecule has 4 heteroatoms. The molecule has 0 aliphatic carbocycles. The maximum atomic E-state index is 11.6. The lowest BCUT2D eigenvalue weighted by atomic mass is 10.1. The molecule has 0 atom stereocenters. The Morgan fingerprint density at radius 3 is 2.39 bits per heavy atom. The third-order valence-electron chi connectivity index (χ3n) is 2.98. The van der Waals surface area contributed by atoms with E-state index in [-0.39, 0.29) is 17.7 Å². The standard InChI is InChI=1S/C14H16N2O2/c1-9-5-4-6-10(2)14(9)16-11(3)7-13(18)12(8-17)15-16/h4-7,17H,8H2,1-3H3. The van der Waals surface area contributed by atoms with Crippen molar-refractivity contribution in [3.8, 4) is 5.69 Å². The number of aliphatic hydroxyl groups excluding tert-OH is 1. The van der Waals surface area contributed by atoms with E-state index < -0.39 is 0 Å². The summed E-state index contributed by atoms with van der Waals surface area (Å²) < 4.78 is 1.72. The summed E-state index contributed by atoms with van der Waals surface area (Å²) >= 11 is 0. The molecule has 1 aromatic carbocycles. The van der Waals surface area contributed by atoms with Gasteiger partial charge in [-0.3, -0.25) is 4.79 Å². The number of rotatable bonds is 2. The Labute approximate surface area is 106 Å². The van der Waals surface area contributed by atoms with Crippen LogP contribution in [0.15, 0.2) is 29.1 Å². The molecule has 0 amide bonds. The Bertz CT molecular complexity index is 624. The zero-order valence-electron chi connectivity index (χ0n) is 10.8. The molecule has 0 saturated heterocycles. The first-order valence-corrected chi connectivity index (χ1v) is 5.82. The van der Waals surface area contributed by atoms with E-state index in [0.29, 0.717) is 0 Å². The number of hydrogen-bond acceptors (Lipinski definition) is 3. The first-order valence-electron chi connectivity index (χ1n) is 5.82. The molecule has 2 aromatic rings. The minimum atomic E-state index is -0.343. The first-order chi connectivity index (χ1) is 8.54. The van der Waals surface area contributed by atoms with Gasteiger partial charge in [0, 0.05) is 11.8 Å². The number of benzene rings is 1. The van der Waals surface area contributed by atoms with Gasteiger partial charge in [0.1, 0.15) is 5.69 Å². The molecule has 0 unspecified atom stereocenters. The Hall–Kier alpha value is -1.94. The van der Waals surface area contributed by atoms with Crippen LogP contribution in [0.2, 0.25) is 0 Å². The van der Waals surface area contributed by atoms with Crippen molar-refractivity contribution in [2.45, 2.75) is 27.4 Å². The van der Waals surface area contributed by atoms with Crippen LogP contribution in [-0.2, 0) is 6.61 Å². The molecule has 0 spiro atoms. The molecular formula is C14H16N2O2. The lowest BCUT2D eigenvalue weighted by Gasteiger charge is -2.15. The fourth-order valence-corrected chi connectivity index (χ4v) is 2.06. The molecule has 0 fully saturated rings. The topological polar surface area (TPSA) is 55.1 Å². The zero-order chi connectivity index (χ0) is 13.3. The number of nitrogens with zero attached hydrogens (tertiary/aromatic N) is 2. The Balaban J connectivity index is 2.75. The Morgan fingerprint density at radius 2 is 1.83 bits per heavy atom. The molecular weight excluding hydrogens is 228 g/mol. The van der Waals surface area contributed by atoms with Crippen molar-refractivity contribution in [2.24, 2.45) is 0 Å². The molecule has 0 saturated carbocycles. The van der Waals surface area contributed by atoms with E-state index in [0.717, 1.165) is 22.5 Å². The number of para-hydroxylation sites is 1. The molecule has 0 bridgehead atoms. The average molecular weight is 244 g/mol. The van der Waals surface area contributed by atoms with Gasteiger partial charge in [-0.15, -0.1) is 0 Å². The number of aromatic nitrogens is 2. The van der Waals surface area contributed by atoms with Crippen LogP contribution in [0.25, 0.3) is 5.69 Å². The summed E-state index contributed by atoms with van der Waals surface area (Å²) in [6, 6.07) is 7.49. The Morgan fingerprint density at radius 1 is 1.22 bits per heavy atom. The van der Waals surface area contributed by atoms with Gasteiger partial charge < -0.3 is 5.11 Å². The molecule has 2 rings (SSSR count). The van der Waals surface area contributed by atoms with Crippen LogP contribution in [0, 0.1) is 20.8 Å². The number of hydrogen-bond donors (Lipinski definition) is 1. The van der Waals surface area contributed by atoms with Crippen LogP contribution in [0.1, 0.15) is 22.5 Å². The summed E-state index contributed by atoms with van der Waals surface area (Å²) in [4.78, 5) is 11.6. The monoisotopic (exact) mass is 244 g/mol. The molecule has 1 heterocycles. The average Bonchev–Trinajstić information content (AvgIpc) is 2.31. The van der Waals surface area contributed by atoms with Gasteiger partial charge in [-0.1, -0.05) is 18.2 Å². The highest BCUT2D eigenvalue weighted by molar-refractivity contribution is 5.47. The maximum Gasteiger partial charge on any atom is 0.206 e. The fraction of sp³-hybridized carbons (Fsp3) is 0.286.